The van der Waals surface area contributed by atoms with Crippen LogP contribution < -0.4 is 0 Å². The highest BCUT2D eigenvalue weighted by atomic mass is 16.2. The van der Waals surface area contributed by atoms with Gasteiger partial charge in [0, 0.05) is 38.0 Å². The zero-order valence-corrected chi connectivity index (χ0v) is 13.7. The topological polar surface area (TPSA) is 51.0 Å². The van der Waals surface area contributed by atoms with E-state index in [4.69, 9.17) is 4.98 Å². The normalized spacial score (nSPS) is 14.7. The van der Waals surface area contributed by atoms with Gasteiger partial charge in [0.25, 0.3) is 0 Å². The van der Waals surface area contributed by atoms with Crippen molar-refractivity contribution in [3.8, 4) is 11.4 Å². The molecule has 0 radical (unpaired) electrons. The van der Waals surface area contributed by atoms with Crippen molar-refractivity contribution in [2.24, 2.45) is 0 Å². The highest BCUT2D eigenvalue weighted by Crippen LogP contribution is 2.17. The smallest absolute Gasteiger partial charge is 0.222 e. The second-order valence-corrected chi connectivity index (χ2v) is 6.03. The number of rotatable bonds is 7. The molecular weight excluding hydrogens is 288 g/mol. The Hall–Kier alpha value is -2.17. The maximum Gasteiger partial charge on any atom is 0.222 e. The largest absolute Gasteiger partial charge is 0.343 e. The SMILES string of the molecule is CCCn1nc(-c2ccccc2)nc1CCCN1CCCC1=O. The minimum absolute atomic E-state index is 0.296. The Bertz CT molecular complexity index is 650. The van der Waals surface area contributed by atoms with Gasteiger partial charge in [-0.25, -0.2) is 9.67 Å². The molecule has 3 rings (SSSR count). The summed E-state index contributed by atoms with van der Waals surface area (Å²) >= 11 is 0. The van der Waals surface area contributed by atoms with Crippen molar-refractivity contribution in [3.63, 3.8) is 0 Å². The maximum atomic E-state index is 11.7. The highest BCUT2D eigenvalue weighted by molar-refractivity contribution is 5.77. The van der Waals surface area contributed by atoms with Crippen LogP contribution in [0, 0.1) is 0 Å². The second-order valence-electron chi connectivity index (χ2n) is 6.03. The summed E-state index contributed by atoms with van der Waals surface area (Å²) in [5.41, 5.74) is 1.05. The summed E-state index contributed by atoms with van der Waals surface area (Å²) in [7, 11) is 0. The van der Waals surface area contributed by atoms with E-state index in [9.17, 15) is 4.79 Å². The van der Waals surface area contributed by atoms with Crippen LogP contribution in [0.15, 0.2) is 30.3 Å². The minimum Gasteiger partial charge on any atom is -0.343 e. The third kappa shape index (κ3) is 3.78. The van der Waals surface area contributed by atoms with Crippen LogP contribution in [-0.2, 0) is 17.8 Å². The van der Waals surface area contributed by atoms with Gasteiger partial charge in [-0.3, -0.25) is 4.79 Å². The first-order valence-electron chi connectivity index (χ1n) is 8.55. The molecule has 0 spiro atoms. The Labute approximate surface area is 137 Å². The molecule has 1 aliphatic rings. The molecule has 0 atom stereocenters. The maximum absolute atomic E-state index is 11.7. The molecule has 5 nitrogen and oxygen atoms in total. The predicted octanol–water partition coefficient (Wildman–Crippen LogP) is 2.91. The van der Waals surface area contributed by atoms with E-state index in [0.717, 1.165) is 62.5 Å². The van der Waals surface area contributed by atoms with Gasteiger partial charge in [0.05, 0.1) is 0 Å². The van der Waals surface area contributed by atoms with Crippen molar-refractivity contribution in [1.82, 2.24) is 19.7 Å². The quantitative estimate of drug-likeness (QED) is 0.790. The van der Waals surface area contributed by atoms with E-state index in [0.29, 0.717) is 12.3 Å². The van der Waals surface area contributed by atoms with Gasteiger partial charge in [0.1, 0.15) is 5.82 Å². The molecule has 1 fully saturated rings. The van der Waals surface area contributed by atoms with Gasteiger partial charge in [-0.2, -0.15) is 5.10 Å². The van der Waals surface area contributed by atoms with Gasteiger partial charge in [-0.05, 0) is 19.3 Å². The van der Waals surface area contributed by atoms with E-state index in [-0.39, 0.29) is 0 Å². The summed E-state index contributed by atoms with van der Waals surface area (Å²) < 4.78 is 2.02. The third-order valence-electron chi connectivity index (χ3n) is 4.22. The molecule has 23 heavy (non-hydrogen) atoms. The van der Waals surface area contributed by atoms with Crippen LogP contribution in [0.2, 0.25) is 0 Å². The summed E-state index contributed by atoms with van der Waals surface area (Å²) in [5.74, 6) is 2.12. The summed E-state index contributed by atoms with van der Waals surface area (Å²) in [6.07, 6.45) is 4.56. The first kappa shape index (κ1) is 15.7. The molecule has 1 aliphatic heterocycles. The number of amides is 1. The van der Waals surface area contributed by atoms with E-state index in [1.165, 1.54) is 0 Å². The van der Waals surface area contributed by atoms with E-state index in [1.807, 2.05) is 39.9 Å². The van der Waals surface area contributed by atoms with Gasteiger partial charge in [-0.1, -0.05) is 37.3 Å². The third-order valence-corrected chi connectivity index (χ3v) is 4.22. The Kier molecular flexibility index (Phi) is 5.05. The zero-order valence-electron chi connectivity index (χ0n) is 13.7. The van der Waals surface area contributed by atoms with Crippen molar-refractivity contribution < 1.29 is 4.79 Å². The number of hydrogen-bond donors (Lipinski definition) is 0. The molecule has 2 aromatic rings. The Balaban J connectivity index is 1.67. The molecule has 1 aromatic heterocycles. The van der Waals surface area contributed by atoms with E-state index in [1.54, 1.807) is 0 Å². The molecule has 2 heterocycles. The molecule has 0 N–H and O–H groups in total. The standard InChI is InChI=1S/C18H24N4O/c1-2-12-22-16(10-6-13-21-14-7-11-17(21)23)19-18(20-22)15-8-4-3-5-9-15/h3-5,8-9H,2,6-7,10-14H2,1H3. The molecule has 0 unspecified atom stereocenters. The van der Waals surface area contributed by atoms with Crippen LogP contribution in [0.3, 0.4) is 0 Å². The van der Waals surface area contributed by atoms with Gasteiger partial charge in [0.2, 0.25) is 5.91 Å². The molecule has 0 aliphatic carbocycles. The average molecular weight is 312 g/mol. The number of likely N-dealkylation sites (tertiary alicyclic amines) is 1. The van der Waals surface area contributed by atoms with E-state index < -0.39 is 0 Å². The summed E-state index contributed by atoms with van der Waals surface area (Å²) in [6, 6.07) is 10.1. The Morgan fingerprint density at radius 1 is 1.17 bits per heavy atom. The number of benzene rings is 1. The molecule has 1 amide bonds. The van der Waals surface area contributed by atoms with Crippen molar-refractivity contribution in [2.75, 3.05) is 13.1 Å². The Morgan fingerprint density at radius 2 is 2.00 bits per heavy atom. The predicted molar refractivity (Wildman–Crippen MR) is 89.9 cm³/mol. The van der Waals surface area contributed by atoms with Crippen LogP contribution in [-0.4, -0.2) is 38.7 Å². The van der Waals surface area contributed by atoms with Crippen LogP contribution in [0.5, 0.6) is 0 Å². The molecule has 0 bridgehead atoms. The van der Waals surface area contributed by atoms with Gasteiger partial charge in [0.15, 0.2) is 5.82 Å². The van der Waals surface area contributed by atoms with Crippen molar-refractivity contribution in [3.05, 3.63) is 36.2 Å². The fourth-order valence-electron chi connectivity index (χ4n) is 3.03. The summed E-state index contributed by atoms with van der Waals surface area (Å²) in [5, 5.41) is 4.66. The van der Waals surface area contributed by atoms with Crippen LogP contribution >= 0.6 is 0 Å². The molecule has 122 valence electrons. The zero-order chi connectivity index (χ0) is 16.1. The van der Waals surface area contributed by atoms with Gasteiger partial charge < -0.3 is 4.90 Å². The Morgan fingerprint density at radius 3 is 2.70 bits per heavy atom. The number of nitrogens with zero attached hydrogens (tertiary/aromatic N) is 4. The molecule has 0 saturated carbocycles. The number of aromatic nitrogens is 3. The van der Waals surface area contributed by atoms with Crippen molar-refractivity contribution in [2.45, 2.75) is 45.6 Å². The summed E-state index contributed by atoms with van der Waals surface area (Å²) in [4.78, 5) is 18.4. The van der Waals surface area contributed by atoms with Crippen LogP contribution in [0.4, 0.5) is 0 Å². The van der Waals surface area contributed by atoms with Crippen LogP contribution in [0.25, 0.3) is 11.4 Å². The lowest BCUT2D eigenvalue weighted by Gasteiger charge is -2.14. The first-order valence-corrected chi connectivity index (χ1v) is 8.55. The molecular formula is C18H24N4O. The number of carbonyl (C=O) groups is 1. The molecule has 1 saturated heterocycles. The highest BCUT2D eigenvalue weighted by Gasteiger charge is 2.19. The fraction of sp³-hybridized carbons (Fsp3) is 0.500. The molecule has 5 heteroatoms. The van der Waals surface area contributed by atoms with E-state index in [2.05, 4.69) is 12.0 Å². The number of hydrogen-bond acceptors (Lipinski definition) is 3. The minimum atomic E-state index is 0.296. The first-order chi connectivity index (χ1) is 11.3. The van der Waals surface area contributed by atoms with Gasteiger partial charge in [-0.15, -0.1) is 0 Å². The van der Waals surface area contributed by atoms with E-state index >= 15 is 0 Å². The monoisotopic (exact) mass is 312 g/mol. The fourth-order valence-corrected chi connectivity index (χ4v) is 3.03. The van der Waals surface area contributed by atoms with Crippen molar-refractivity contribution in [1.29, 1.82) is 0 Å². The second kappa shape index (κ2) is 7.40. The van der Waals surface area contributed by atoms with Crippen molar-refractivity contribution >= 4 is 5.91 Å². The number of aryl methyl sites for hydroxylation is 2. The lowest BCUT2D eigenvalue weighted by molar-refractivity contribution is -0.127. The lowest BCUT2D eigenvalue weighted by atomic mass is 10.2. The van der Waals surface area contributed by atoms with Crippen LogP contribution in [0.1, 0.15) is 38.4 Å². The average Bonchev–Trinajstić information content (AvgIpc) is 3.16. The van der Waals surface area contributed by atoms with Gasteiger partial charge >= 0.3 is 0 Å². The lowest BCUT2D eigenvalue weighted by Crippen LogP contribution is -2.26. The summed E-state index contributed by atoms with van der Waals surface area (Å²) in [6.45, 7) is 4.78. The molecule has 1 aromatic carbocycles. The number of carbonyl (C=O) groups excluding carboxylic acids is 1.